The molecule has 2 heterocycles. The van der Waals surface area contributed by atoms with Crippen LogP contribution in [0.4, 0.5) is 4.79 Å². The molecule has 1 N–H and O–H groups in total. The fourth-order valence-electron chi connectivity index (χ4n) is 2.90. The van der Waals surface area contributed by atoms with Crippen molar-refractivity contribution in [3.05, 3.63) is 52.4 Å². The molecule has 1 saturated heterocycles. The Balaban J connectivity index is 1.37. The molecule has 2 aromatic rings. The highest BCUT2D eigenvalue weighted by Gasteiger charge is 2.21. The number of rotatable bonds is 5. The van der Waals surface area contributed by atoms with Crippen molar-refractivity contribution in [1.82, 2.24) is 20.3 Å². The number of piperazine rings is 1. The first-order valence-electron chi connectivity index (χ1n) is 8.52. The Hall–Kier alpha value is -2.05. The number of amides is 2. The Kier molecular flexibility index (Phi) is 5.94. The van der Waals surface area contributed by atoms with Gasteiger partial charge >= 0.3 is 6.03 Å². The van der Waals surface area contributed by atoms with Crippen molar-refractivity contribution in [2.45, 2.75) is 19.9 Å². The Labute approximate surface area is 152 Å². The van der Waals surface area contributed by atoms with Gasteiger partial charge in [-0.3, -0.25) is 4.90 Å². The zero-order valence-corrected chi connectivity index (χ0v) is 15.1. The summed E-state index contributed by atoms with van der Waals surface area (Å²) in [6.07, 6.45) is 0.799. The van der Waals surface area contributed by atoms with Gasteiger partial charge in [0.1, 0.15) is 0 Å². The lowest BCUT2D eigenvalue weighted by Gasteiger charge is -2.34. The molecule has 0 atom stereocenters. The van der Waals surface area contributed by atoms with Crippen molar-refractivity contribution < 1.29 is 9.32 Å². The predicted molar refractivity (Wildman–Crippen MR) is 96.6 cm³/mol. The number of nitrogens with one attached hydrogen (secondary N) is 1. The molecule has 0 aliphatic carbocycles. The summed E-state index contributed by atoms with van der Waals surface area (Å²) < 4.78 is 5.25. The zero-order valence-electron chi connectivity index (χ0n) is 14.4. The minimum atomic E-state index is 0.00382. The van der Waals surface area contributed by atoms with Gasteiger partial charge in [-0.25, -0.2) is 4.79 Å². The molecule has 134 valence electrons. The fraction of sp³-hybridized carbons (Fsp3) is 0.444. The highest BCUT2D eigenvalue weighted by atomic mass is 35.5. The standard InChI is InChI=1S/C18H23ClN4O2/c1-14-12-17(25-21-14)13-22-8-10-23(11-9-22)18(24)20-7-6-15-2-4-16(19)5-3-15/h2-5,12H,6-11,13H2,1H3,(H,20,24). The average Bonchev–Trinajstić information content (AvgIpc) is 3.02. The molecule has 3 rings (SSSR count). The maximum atomic E-state index is 12.3. The second kappa shape index (κ2) is 8.36. The van der Waals surface area contributed by atoms with E-state index in [1.165, 1.54) is 0 Å². The molecule has 1 aliphatic rings. The third-order valence-corrected chi connectivity index (χ3v) is 4.57. The summed E-state index contributed by atoms with van der Waals surface area (Å²) in [5.41, 5.74) is 2.06. The number of carbonyl (C=O) groups excluding carboxylic acids is 1. The molecular formula is C18H23ClN4O2. The van der Waals surface area contributed by atoms with Gasteiger partial charge in [-0.1, -0.05) is 28.9 Å². The van der Waals surface area contributed by atoms with Crippen molar-refractivity contribution in [2.24, 2.45) is 0 Å². The van der Waals surface area contributed by atoms with Gasteiger partial charge < -0.3 is 14.7 Å². The highest BCUT2D eigenvalue weighted by Crippen LogP contribution is 2.11. The molecule has 1 aromatic heterocycles. The van der Waals surface area contributed by atoms with Crippen molar-refractivity contribution in [2.75, 3.05) is 32.7 Å². The van der Waals surface area contributed by atoms with Crippen LogP contribution >= 0.6 is 11.6 Å². The van der Waals surface area contributed by atoms with Crippen LogP contribution in [-0.2, 0) is 13.0 Å². The number of hydrogen-bond acceptors (Lipinski definition) is 4. The number of aromatic nitrogens is 1. The van der Waals surface area contributed by atoms with E-state index in [1.807, 2.05) is 42.2 Å². The van der Waals surface area contributed by atoms with E-state index in [9.17, 15) is 4.79 Å². The minimum Gasteiger partial charge on any atom is -0.360 e. The van der Waals surface area contributed by atoms with Crippen LogP contribution in [0.25, 0.3) is 0 Å². The number of benzene rings is 1. The molecule has 2 amide bonds. The van der Waals surface area contributed by atoms with E-state index in [0.29, 0.717) is 6.54 Å². The van der Waals surface area contributed by atoms with Crippen LogP contribution in [0.2, 0.25) is 5.02 Å². The van der Waals surface area contributed by atoms with E-state index >= 15 is 0 Å². The second-order valence-electron chi connectivity index (χ2n) is 6.31. The van der Waals surface area contributed by atoms with Crippen molar-refractivity contribution in [3.8, 4) is 0 Å². The molecule has 0 spiro atoms. The van der Waals surface area contributed by atoms with Crippen LogP contribution in [0.3, 0.4) is 0 Å². The predicted octanol–water partition coefficient (Wildman–Crippen LogP) is 2.71. The van der Waals surface area contributed by atoms with Crippen LogP contribution < -0.4 is 5.32 Å². The lowest BCUT2D eigenvalue weighted by Crippen LogP contribution is -2.51. The van der Waals surface area contributed by atoms with Crippen LogP contribution in [0.15, 0.2) is 34.9 Å². The summed E-state index contributed by atoms with van der Waals surface area (Å²) in [4.78, 5) is 16.4. The lowest BCUT2D eigenvalue weighted by atomic mass is 10.1. The van der Waals surface area contributed by atoms with E-state index in [4.69, 9.17) is 16.1 Å². The molecule has 0 saturated carbocycles. The Morgan fingerprint density at radius 1 is 1.24 bits per heavy atom. The smallest absolute Gasteiger partial charge is 0.317 e. The van der Waals surface area contributed by atoms with E-state index < -0.39 is 0 Å². The summed E-state index contributed by atoms with van der Waals surface area (Å²) in [6.45, 7) is 6.40. The number of hydrogen-bond donors (Lipinski definition) is 1. The third-order valence-electron chi connectivity index (χ3n) is 4.32. The maximum absolute atomic E-state index is 12.3. The Morgan fingerprint density at radius 3 is 2.60 bits per heavy atom. The average molecular weight is 363 g/mol. The third kappa shape index (κ3) is 5.21. The summed E-state index contributed by atoms with van der Waals surface area (Å²) in [5, 5.41) is 7.62. The molecule has 1 fully saturated rings. The van der Waals surface area contributed by atoms with Crippen molar-refractivity contribution in [3.63, 3.8) is 0 Å². The minimum absolute atomic E-state index is 0.00382. The summed E-state index contributed by atoms with van der Waals surface area (Å²) in [7, 11) is 0. The fourth-order valence-corrected chi connectivity index (χ4v) is 3.02. The summed E-state index contributed by atoms with van der Waals surface area (Å²) >= 11 is 5.87. The van der Waals surface area contributed by atoms with Gasteiger partial charge in [-0.05, 0) is 31.0 Å². The van der Waals surface area contributed by atoms with Gasteiger partial charge in [-0.2, -0.15) is 0 Å². The summed E-state index contributed by atoms with van der Waals surface area (Å²) in [6, 6.07) is 9.67. The van der Waals surface area contributed by atoms with Gasteiger partial charge in [0.05, 0.1) is 12.2 Å². The van der Waals surface area contributed by atoms with E-state index in [2.05, 4.69) is 15.4 Å². The van der Waals surface area contributed by atoms with Crippen LogP contribution in [-0.4, -0.2) is 53.7 Å². The monoisotopic (exact) mass is 362 g/mol. The maximum Gasteiger partial charge on any atom is 0.317 e. The molecule has 25 heavy (non-hydrogen) atoms. The first-order valence-corrected chi connectivity index (χ1v) is 8.90. The zero-order chi connectivity index (χ0) is 17.6. The Morgan fingerprint density at radius 2 is 1.96 bits per heavy atom. The Bertz CT molecular complexity index is 693. The number of aryl methyl sites for hydroxylation is 1. The molecular weight excluding hydrogens is 340 g/mol. The quantitative estimate of drug-likeness (QED) is 0.888. The largest absolute Gasteiger partial charge is 0.360 e. The number of nitrogens with zero attached hydrogens (tertiary/aromatic N) is 3. The normalized spacial score (nSPS) is 15.4. The molecule has 7 heteroatoms. The molecule has 1 aromatic carbocycles. The molecule has 0 radical (unpaired) electrons. The SMILES string of the molecule is Cc1cc(CN2CCN(C(=O)NCCc3ccc(Cl)cc3)CC2)on1. The van der Waals surface area contributed by atoms with Crippen LogP contribution in [0, 0.1) is 6.92 Å². The first-order chi connectivity index (χ1) is 12.1. The van der Waals surface area contributed by atoms with Crippen LogP contribution in [0.1, 0.15) is 17.0 Å². The number of urea groups is 1. The van der Waals surface area contributed by atoms with Crippen molar-refractivity contribution in [1.29, 1.82) is 0 Å². The van der Waals surface area contributed by atoms with Crippen molar-refractivity contribution >= 4 is 17.6 Å². The first kappa shape index (κ1) is 17.8. The van der Waals surface area contributed by atoms with Gasteiger partial charge in [0.25, 0.3) is 0 Å². The summed E-state index contributed by atoms with van der Waals surface area (Å²) in [5.74, 6) is 0.873. The van der Waals surface area contributed by atoms with Gasteiger partial charge in [0, 0.05) is 43.8 Å². The van der Waals surface area contributed by atoms with Gasteiger partial charge in [0.15, 0.2) is 5.76 Å². The molecule has 6 nitrogen and oxygen atoms in total. The highest BCUT2D eigenvalue weighted by molar-refractivity contribution is 6.30. The van der Waals surface area contributed by atoms with E-state index in [1.54, 1.807) is 0 Å². The van der Waals surface area contributed by atoms with Gasteiger partial charge in [0.2, 0.25) is 0 Å². The van der Waals surface area contributed by atoms with Gasteiger partial charge in [-0.15, -0.1) is 0 Å². The number of halogens is 1. The van der Waals surface area contributed by atoms with E-state index in [0.717, 1.165) is 61.2 Å². The number of carbonyl (C=O) groups is 1. The van der Waals surface area contributed by atoms with Crippen LogP contribution in [0.5, 0.6) is 0 Å². The lowest BCUT2D eigenvalue weighted by molar-refractivity contribution is 0.128. The second-order valence-corrected chi connectivity index (χ2v) is 6.74. The molecule has 1 aliphatic heterocycles. The molecule has 0 unspecified atom stereocenters. The van der Waals surface area contributed by atoms with E-state index in [-0.39, 0.29) is 6.03 Å². The molecule has 0 bridgehead atoms. The topological polar surface area (TPSA) is 61.6 Å².